The van der Waals surface area contributed by atoms with Crippen LogP contribution < -0.4 is 11.1 Å². The lowest BCUT2D eigenvalue weighted by molar-refractivity contribution is -0.105. The average Bonchev–Trinajstić information content (AvgIpc) is 2.62. The Hall–Kier alpha value is -2.72. The molecule has 3 N–H and O–H groups in total. The molecule has 0 fully saturated rings. The molecule has 1 heterocycles. The van der Waals surface area contributed by atoms with Crippen molar-refractivity contribution in [3.63, 3.8) is 0 Å². The molecule has 118 valence electrons. The number of pyridine rings is 1. The molecule has 1 atom stereocenters. The number of hydrogen-bond donors (Lipinski definition) is 2. The highest BCUT2D eigenvalue weighted by molar-refractivity contribution is 5.87. The van der Waals surface area contributed by atoms with Crippen molar-refractivity contribution in [1.29, 1.82) is 0 Å². The third-order valence-electron chi connectivity index (χ3n) is 3.59. The number of anilines is 1. The molecule has 1 unspecified atom stereocenters. The van der Waals surface area contributed by atoms with E-state index in [2.05, 4.69) is 29.4 Å². The summed E-state index contributed by atoms with van der Waals surface area (Å²) in [7, 11) is 0. The largest absolute Gasteiger partial charge is 0.330 e. The summed E-state index contributed by atoms with van der Waals surface area (Å²) < 4.78 is 0. The fourth-order valence-electron chi connectivity index (χ4n) is 2.16. The van der Waals surface area contributed by atoms with E-state index in [4.69, 9.17) is 5.73 Å². The van der Waals surface area contributed by atoms with E-state index in [0.717, 1.165) is 23.0 Å². The molecule has 0 aliphatic carbocycles. The summed E-state index contributed by atoms with van der Waals surface area (Å²) in [6, 6.07) is 17.9. The van der Waals surface area contributed by atoms with Crippen LogP contribution in [0, 0.1) is 0 Å². The molecular formula is C19H21N3O. The first-order valence-electron chi connectivity index (χ1n) is 7.53. The Morgan fingerprint density at radius 2 is 1.91 bits per heavy atom. The monoisotopic (exact) mass is 307 g/mol. The molecule has 0 saturated carbocycles. The number of benzene rings is 2. The van der Waals surface area contributed by atoms with Gasteiger partial charge >= 0.3 is 0 Å². The number of nitrogens with zero attached hydrogens (tertiary/aromatic N) is 1. The smallest absolute Gasteiger partial charge is 0.211 e. The molecule has 0 aliphatic heterocycles. The van der Waals surface area contributed by atoms with Gasteiger partial charge in [-0.15, -0.1) is 0 Å². The molecule has 0 bridgehead atoms. The van der Waals surface area contributed by atoms with Crippen molar-refractivity contribution in [2.75, 3.05) is 11.9 Å². The summed E-state index contributed by atoms with van der Waals surface area (Å²) in [6.07, 6.45) is 4.19. The van der Waals surface area contributed by atoms with Crippen LogP contribution in [0.4, 0.5) is 5.69 Å². The summed E-state index contributed by atoms with van der Waals surface area (Å²) in [5.41, 5.74) is 7.63. The Morgan fingerprint density at radius 1 is 1.13 bits per heavy atom. The molecule has 3 aromatic rings. The first kappa shape index (κ1) is 16.6. The molecular weight excluding hydrogens is 286 g/mol. The lowest BCUT2D eigenvalue weighted by Crippen LogP contribution is -2.08. The van der Waals surface area contributed by atoms with Gasteiger partial charge in [0.2, 0.25) is 6.41 Å². The van der Waals surface area contributed by atoms with Gasteiger partial charge in [0.15, 0.2) is 0 Å². The number of nitrogens with one attached hydrogen (secondary N) is 1. The predicted molar refractivity (Wildman–Crippen MR) is 95.3 cm³/mol. The van der Waals surface area contributed by atoms with Gasteiger partial charge in [-0.05, 0) is 41.6 Å². The van der Waals surface area contributed by atoms with E-state index in [1.54, 1.807) is 12.4 Å². The molecule has 4 nitrogen and oxygen atoms in total. The summed E-state index contributed by atoms with van der Waals surface area (Å²) >= 11 is 0. The zero-order valence-electron chi connectivity index (χ0n) is 13.1. The zero-order valence-corrected chi connectivity index (χ0v) is 13.1. The molecule has 0 aliphatic rings. The van der Waals surface area contributed by atoms with Crippen LogP contribution in [0.15, 0.2) is 67.0 Å². The highest BCUT2D eigenvalue weighted by Crippen LogP contribution is 2.17. The first-order chi connectivity index (χ1) is 11.2. The first-order valence-corrected chi connectivity index (χ1v) is 7.53. The topological polar surface area (TPSA) is 68.0 Å². The summed E-state index contributed by atoms with van der Waals surface area (Å²) in [5, 5.41) is 4.74. The van der Waals surface area contributed by atoms with Crippen molar-refractivity contribution in [2.24, 2.45) is 5.73 Å². The molecule has 2 aromatic carbocycles. The van der Waals surface area contributed by atoms with E-state index in [0.29, 0.717) is 12.3 Å². The van der Waals surface area contributed by atoms with Crippen LogP contribution in [0.25, 0.3) is 10.8 Å². The Kier molecular flexibility index (Phi) is 6.27. The van der Waals surface area contributed by atoms with Crippen molar-refractivity contribution in [2.45, 2.75) is 12.8 Å². The fraction of sp³-hybridized carbons (Fsp3) is 0.158. The van der Waals surface area contributed by atoms with Gasteiger partial charge in [-0.2, -0.15) is 0 Å². The van der Waals surface area contributed by atoms with Crippen LogP contribution in [0.3, 0.4) is 0 Å². The maximum absolute atomic E-state index is 10.2. The van der Waals surface area contributed by atoms with E-state index in [1.165, 1.54) is 5.56 Å². The molecule has 4 heteroatoms. The van der Waals surface area contributed by atoms with Crippen LogP contribution >= 0.6 is 0 Å². The number of amides is 1. The summed E-state index contributed by atoms with van der Waals surface area (Å²) in [4.78, 5) is 14.2. The van der Waals surface area contributed by atoms with Gasteiger partial charge in [-0.3, -0.25) is 9.78 Å². The van der Waals surface area contributed by atoms with Gasteiger partial charge < -0.3 is 11.1 Å². The second kappa shape index (κ2) is 8.66. The maximum Gasteiger partial charge on any atom is 0.211 e. The predicted octanol–water partition coefficient (Wildman–Crippen LogP) is 3.55. The fourth-order valence-corrected chi connectivity index (χ4v) is 2.16. The normalized spacial score (nSPS) is 11.2. The number of fused-ring (bicyclic) bond motifs is 1. The van der Waals surface area contributed by atoms with Crippen LogP contribution in [0.1, 0.15) is 18.4 Å². The third kappa shape index (κ3) is 4.90. The molecule has 1 amide bonds. The molecule has 0 saturated heterocycles. The van der Waals surface area contributed by atoms with E-state index in [1.807, 2.05) is 42.5 Å². The zero-order chi connectivity index (χ0) is 16.5. The Morgan fingerprint density at radius 3 is 2.61 bits per heavy atom. The maximum atomic E-state index is 10.2. The van der Waals surface area contributed by atoms with Gasteiger partial charge in [-0.1, -0.05) is 43.3 Å². The van der Waals surface area contributed by atoms with Crippen LogP contribution in [-0.4, -0.2) is 17.9 Å². The number of hydrogen-bond acceptors (Lipinski definition) is 3. The van der Waals surface area contributed by atoms with Gasteiger partial charge in [-0.25, -0.2) is 0 Å². The van der Waals surface area contributed by atoms with Crippen molar-refractivity contribution < 1.29 is 4.79 Å². The summed E-state index contributed by atoms with van der Waals surface area (Å²) in [5.74, 6) is 0.487. The molecule has 23 heavy (non-hydrogen) atoms. The number of nitrogens with two attached hydrogens (primary N) is 1. The number of carbonyl (C=O) groups excluding carboxylic acids is 1. The Bertz CT molecular complexity index is 744. The third-order valence-corrected chi connectivity index (χ3v) is 3.59. The minimum atomic E-state index is 0.487. The molecule has 0 spiro atoms. The lowest BCUT2D eigenvalue weighted by atomic mass is 10.0. The number of rotatable bonds is 4. The van der Waals surface area contributed by atoms with Crippen molar-refractivity contribution in [3.05, 3.63) is 72.6 Å². The van der Waals surface area contributed by atoms with E-state index >= 15 is 0 Å². The standard InChI is InChI=1S/C10H8N2O.C9H13N/c13-7-12-10-2-1-9-6-11-4-3-8(9)5-10;1-8(7-10)9-5-3-2-4-6-9/h1-7H,(H,12,13);2-6,8H,7,10H2,1H3. The molecule has 3 rings (SSSR count). The van der Waals surface area contributed by atoms with Gasteiger partial charge in [0.1, 0.15) is 0 Å². The highest BCUT2D eigenvalue weighted by Gasteiger charge is 1.99. The van der Waals surface area contributed by atoms with Gasteiger partial charge in [0.25, 0.3) is 0 Å². The van der Waals surface area contributed by atoms with Crippen molar-refractivity contribution in [1.82, 2.24) is 4.98 Å². The number of carbonyl (C=O) groups is 1. The van der Waals surface area contributed by atoms with Crippen LogP contribution in [0.5, 0.6) is 0 Å². The Labute approximate surface area is 136 Å². The highest BCUT2D eigenvalue weighted by atomic mass is 16.1. The SMILES string of the molecule is CC(CN)c1ccccc1.O=CNc1ccc2cnccc2c1. The second-order valence-electron chi connectivity index (χ2n) is 5.25. The minimum Gasteiger partial charge on any atom is -0.330 e. The second-order valence-corrected chi connectivity index (χ2v) is 5.25. The van der Waals surface area contributed by atoms with Crippen molar-refractivity contribution in [3.8, 4) is 0 Å². The van der Waals surface area contributed by atoms with Crippen LogP contribution in [0.2, 0.25) is 0 Å². The van der Waals surface area contributed by atoms with E-state index in [-0.39, 0.29) is 0 Å². The number of aromatic nitrogens is 1. The van der Waals surface area contributed by atoms with E-state index < -0.39 is 0 Å². The van der Waals surface area contributed by atoms with Crippen molar-refractivity contribution >= 4 is 22.9 Å². The Balaban J connectivity index is 0.000000174. The lowest BCUT2D eigenvalue weighted by Gasteiger charge is -2.06. The van der Waals surface area contributed by atoms with Crippen LogP contribution in [-0.2, 0) is 4.79 Å². The average molecular weight is 307 g/mol. The minimum absolute atomic E-state index is 0.487. The molecule has 0 radical (unpaired) electrons. The van der Waals surface area contributed by atoms with E-state index in [9.17, 15) is 4.79 Å². The summed E-state index contributed by atoms with van der Waals surface area (Å²) in [6.45, 7) is 2.86. The van der Waals surface area contributed by atoms with Gasteiger partial charge in [0.05, 0.1) is 0 Å². The molecule has 1 aromatic heterocycles. The quantitative estimate of drug-likeness (QED) is 0.724. The van der Waals surface area contributed by atoms with Gasteiger partial charge in [0, 0.05) is 23.5 Å².